The van der Waals surface area contributed by atoms with Crippen LogP contribution >= 0.6 is 11.3 Å². The van der Waals surface area contributed by atoms with E-state index in [9.17, 15) is 8.42 Å². The number of nitrogens with zero attached hydrogens (tertiary/aromatic N) is 1. The molecule has 1 aliphatic rings. The lowest BCUT2D eigenvalue weighted by molar-refractivity contribution is 0.186. The van der Waals surface area contributed by atoms with Gasteiger partial charge in [0.25, 0.3) is 0 Å². The van der Waals surface area contributed by atoms with E-state index < -0.39 is 10.0 Å². The molecule has 1 atom stereocenters. The van der Waals surface area contributed by atoms with Gasteiger partial charge in [-0.3, -0.25) is 4.90 Å². The average Bonchev–Trinajstić information content (AvgIpc) is 3.00. The first-order valence-electron chi connectivity index (χ1n) is 8.46. The van der Waals surface area contributed by atoms with Crippen LogP contribution in [0.3, 0.4) is 0 Å². The maximum absolute atomic E-state index is 11.7. The molecule has 0 aliphatic carbocycles. The van der Waals surface area contributed by atoms with Crippen LogP contribution < -0.4 is 10.0 Å². The van der Waals surface area contributed by atoms with E-state index in [0.717, 1.165) is 32.5 Å². The summed E-state index contributed by atoms with van der Waals surface area (Å²) in [6.07, 6.45) is 2.90. The van der Waals surface area contributed by atoms with Crippen molar-refractivity contribution >= 4 is 21.4 Å². The van der Waals surface area contributed by atoms with Crippen LogP contribution in [0.5, 0.6) is 0 Å². The maximum atomic E-state index is 11.7. The van der Waals surface area contributed by atoms with E-state index in [-0.39, 0.29) is 11.8 Å². The van der Waals surface area contributed by atoms with Crippen LogP contribution in [0.25, 0.3) is 0 Å². The highest BCUT2D eigenvalue weighted by Crippen LogP contribution is 2.17. The summed E-state index contributed by atoms with van der Waals surface area (Å²) in [7, 11) is -3.10. The highest BCUT2D eigenvalue weighted by atomic mass is 32.2. The monoisotopic (exact) mass is 359 g/mol. The molecule has 5 nitrogen and oxygen atoms in total. The molecule has 1 fully saturated rings. The van der Waals surface area contributed by atoms with Crippen molar-refractivity contribution in [1.29, 1.82) is 0 Å². The van der Waals surface area contributed by atoms with Gasteiger partial charge in [0.05, 0.1) is 5.75 Å². The normalized spacial score (nSPS) is 19.0. The fourth-order valence-electron chi connectivity index (χ4n) is 2.93. The third-order valence-corrected chi connectivity index (χ3v) is 6.56. The number of thiophene rings is 1. The van der Waals surface area contributed by atoms with Crippen molar-refractivity contribution in [3.63, 3.8) is 0 Å². The minimum Gasteiger partial charge on any atom is -0.310 e. The summed E-state index contributed by atoms with van der Waals surface area (Å²) >= 11 is 1.82. The summed E-state index contributed by atoms with van der Waals surface area (Å²) in [5, 5.41) is 5.69. The molecule has 1 unspecified atom stereocenters. The minimum atomic E-state index is -3.10. The summed E-state index contributed by atoms with van der Waals surface area (Å²) in [5.74, 6) is 0.209. The highest BCUT2D eigenvalue weighted by molar-refractivity contribution is 7.89. The second-order valence-corrected chi connectivity index (χ2v) is 9.32. The van der Waals surface area contributed by atoms with Crippen LogP contribution in [0.4, 0.5) is 0 Å². The van der Waals surface area contributed by atoms with Crippen LogP contribution in [0.1, 0.15) is 38.0 Å². The number of piperidine rings is 1. The molecule has 2 N–H and O–H groups in total. The van der Waals surface area contributed by atoms with E-state index in [4.69, 9.17) is 0 Å². The Morgan fingerprint density at radius 3 is 2.74 bits per heavy atom. The number of hydrogen-bond donors (Lipinski definition) is 2. The van der Waals surface area contributed by atoms with Gasteiger partial charge in [-0.05, 0) is 50.7 Å². The number of hydrogen-bond acceptors (Lipinski definition) is 5. The van der Waals surface area contributed by atoms with Crippen molar-refractivity contribution in [2.75, 3.05) is 25.4 Å². The summed E-state index contributed by atoms with van der Waals surface area (Å²) in [6.45, 7) is 7.65. The summed E-state index contributed by atoms with van der Waals surface area (Å²) in [6, 6.07) is 4.95. The fourth-order valence-corrected chi connectivity index (χ4v) is 4.87. The summed E-state index contributed by atoms with van der Waals surface area (Å²) in [5.41, 5.74) is 0. The molecular weight excluding hydrogens is 330 g/mol. The third-order valence-electron chi connectivity index (χ3n) is 4.15. The van der Waals surface area contributed by atoms with Crippen molar-refractivity contribution in [2.45, 2.75) is 51.7 Å². The largest absolute Gasteiger partial charge is 0.310 e. The van der Waals surface area contributed by atoms with Crippen LogP contribution in [0, 0.1) is 0 Å². The van der Waals surface area contributed by atoms with Crippen LogP contribution in [0.2, 0.25) is 0 Å². The molecule has 0 saturated carbocycles. The van der Waals surface area contributed by atoms with Gasteiger partial charge in [0.1, 0.15) is 0 Å². The van der Waals surface area contributed by atoms with Gasteiger partial charge >= 0.3 is 0 Å². The average molecular weight is 360 g/mol. The van der Waals surface area contributed by atoms with E-state index >= 15 is 0 Å². The van der Waals surface area contributed by atoms with Gasteiger partial charge in [0, 0.05) is 30.1 Å². The van der Waals surface area contributed by atoms with E-state index in [1.807, 2.05) is 25.2 Å². The molecule has 0 amide bonds. The van der Waals surface area contributed by atoms with E-state index in [1.165, 1.54) is 4.88 Å². The van der Waals surface area contributed by atoms with Gasteiger partial charge in [-0.2, -0.15) is 0 Å². The highest BCUT2D eigenvalue weighted by Gasteiger charge is 2.21. The van der Waals surface area contributed by atoms with Crippen molar-refractivity contribution in [3.8, 4) is 0 Å². The van der Waals surface area contributed by atoms with E-state index in [2.05, 4.69) is 32.5 Å². The van der Waals surface area contributed by atoms with Crippen LogP contribution in [-0.4, -0.2) is 50.8 Å². The van der Waals surface area contributed by atoms with E-state index in [1.54, 1.807) is 0 Å². The number of likely N-dealkylation sites (tertiary alicyclic amines) is 1. The van der Waals surface area contributed by atoms with Crippen molar-refractivity contribution in [2.24, 2.45) is 0 Å². The molecule has 1 aromatic rings. The molecule has 0 radical (unpaired) electrons. The fraction of sp³-hybridized carbons (Fsp3) is 0.750. The maximum Gasteiger partial charge on any atom is 0.211 e. The van der Waals surface area contributed by atoms with Crippen molar-refractivity contribution in [3.05, 3.63) is 22.4 Å². The zero-order chi connectivity index (χ0) is 16.7. The summed E-state index contributed by atoms with van der Waals surface area (Å²) < 4.78 is 26.0. The Balaban J connectivity index is 1.65. The Morgan fingerprint density at radius 2 is 2.13 bits per heavy atom. The second-order valence-electron chi connectivity index (χ2n) is 6.36. The molecule has 7 heteroatoms. The van der Waals surface area contributed by atoms with Gasteiger partial charge in [0.15, 0.2) is 0 Å². The van der Waals surface area contributed by atoms with Gasteiger partial charge in [-0.15, -0.1) is 11.3 Å². The molecule has 0 bridgehead atoms. The number of rotatable bonds is 9. The van der Waals surface area contributed by atoms with Gasteiger partial charge in [0.2, 0.25) is 10.0 Å². The number of sulfonamides is 1. The lowest BCUT2D eigenvalue weighted by Gasteiger charge is -2.33. The Morgan fingerprint density at radius 1 is 1.39 bits per heavy atom. The SMILES string of the molecule is CCCS(=O)(=O)NCC(C)NC1CCN(Cc2cccs2)CC1. The molecule has 1 aromatic heterocycles. The van der Waals surface area contributed by atoms with Crippen molar-refractivity contribution < 1.29 is 8.42 Å². The van der Waals surface area contributed by atoms with E-state index in [0.29, 0.717) is 19.0 Å². The Kier molecular flexibility index (Phi) is 7.49. The van der Waals surface area contributed by atoms with Crippen LogP contribution in [-0.2, 0) is 16.6 Å². The molecule has 2 rings (SSSR count). The zero-order valence-electron chi connectivity index (χ0n) is 14.1. The number of nitrogens with one attached hydrogen (secondary N) is 2. The predicted octanol–water partition coefficient (Wildman–Crippen LogP) is 2.02. The molecule has 0 aromatic carbocycles. The zero-order valence-corrected chi connectivity index (χ0v) is 15.8. The minimum absolute atomic E-state index is 0.162. The molecule has 132 valence electrons. The molecular formula is C16H29N3O2S2. The Bertz CT molecular complexity index is 538. The quantitative estimate of drug-likeness (QED) is 0.708. The lowest BCUT2D eigenvalue weighted by Crippen LogP contribution is -2.48. The predicted molar refractivity (Wildman–Crippen MR) is 97.3 cm³/mol. The third kappa shape index (κ3) is 6.89. The Hall–Kier alpha value is -0.470. The molecule has 1 saturated heterocycles. The van der Waals surface area contributed by atoms with Crippen molar-refractivity contribution in [1.82, 2.24) is 14.9 Å². The topological polar surface area (TPSA) is 61.4 Å². The first-order valence-corrected chi connectivity index (χ1v) is 11.0. The summed E-state index contributed by atoms with van der Waals surface area (Å²) in [4.78, 5) is 3.92. The molecule has 2 heterocycles. The molecule has 1 aliphatic heterocycles. The first kappa shape index (κ1) is 18.9. The van der Waals surface area contributed by atoms with Crippen LogP contribution in [0.15, 0.2) is 17.5 Å². The smallest absolute Gasteiger partial charge is 0.211 e. The van der Waals surface area contributed by atoms with Gasteiger partial charge in [-0.25, -0.2) is 13.1 Å². The second kappa shape index (κ2) is 9.13. The standard InChI is InChI=1S/C16H29N3O2S2/c1-3-11-23(20,21)17-12-14(2)18-15-6-8-19(9-7-15)13-16-5-4-10-22-16/h4-5,10,14-15,17-18H,3,6-9,11-13H2,1-2H3. The van der Waals surface area contributed by atoms with Gasteiger partial charge in [-0.1, -0.05) is 13.0 Å². The first-order chi connectivity index (χ1) is 11.0. The van der Waals surface area contributed by atoms with Gasteiger partial charge < -0.3 is 5.32 Å². The lowest BCUT2D eigenvalue weighted by atomic mass is 10.0. The molecule has 23 heavy (non-hydrogen) atoms. The Labute approximate surface area is 144 Å². The molecule has 0 spiro atoms.